The van der Waals surface area contributed by atoms with Crippen molar-refractivity contribution in [3.05, 3.63) is 35.9 Å². The van der Waals surface area contributed by atoms with Crippen LogP contribution in [0.2, 0.25) is 0 Å². The van der Waals surface area contributed by atoms with Gasteiger partial charge in [0, 0.05) is 25.6 Å². The molecule has 0 aromatic carbocycles. The Bertz CT molecular complexity index is 959. The maximum atomic E-state index is 11.5. The van der Waals surface area contributed by atoms with Crippen LogP contribution in [0.4, 0.5) is 16.8 Å². The SMILES string of the molecule is C=CC(=O)N1CC(CNc2nc(Nc3cc(C)ns3)nc3ccsc23)C1. The first-order valence-electron chi connectivity index (χ1n) is 8.23. The molecule has 3 aromatic rings. The summed E-state index contributed by atoms with van der Waals surface area (Å²) in [4.78, 5) is 22.5. The zero-order valence-electron chi connectivity index (χ0n) is 14.2. The molecule has 1 aliphatic heterocycles. The third kappa shape index (κ3) is 3.40. The topological polar surface area (TPSA) is 83.0 Å². The Kier molecular flexibility index (Phi) is 4.56. The number of fused-ring (bicyclic) bond motifs is 1. The Balaban J connectivity index is 1.46. The van der Waals surface area contributed by atoms with E-state index in [9.17, 15) is 4.79 Å². The second kappa shape index (κ2) is 7.00. The van der Waals surface area contributed by atoms with Gasteiger partial charge in [-0.3, -0.25) is 4.79 Å². The van der Waals surface area contributed by atoms with Gasteiger partial charge in [0.15, 0.2) is 0 Å². The van der Waals surface area contributed by atoms with Gasteiger partial charge in [0.25, 0.3) is 0 Å². The fraction of sp³-hybridized carbons (Fsp3) is 0.294. The Morgan fingerprint density at radius 3 is 3.04 bits per heavy atom. The lowest BCUT2D eigenvalue weighted by atomic mass is 10.00. The number of aryl methyl sites for hydroxylation is 1. The molecule has 1 aliphatic rings. The molecule has 3 aromatic heterocycles. The number of hydrogen-bond acceptors (Lipinski definition) is 8. The van der Waals surface area contributed by atoms with Crippen LogP contribution in [0.1, 0.15) is 5.69 Å². The highest BCUT2D eigenvalue weighted by Gasteiger charge is 2.29. The molecule has 0 spiro atoms. The molecule has 0 unspecified atom stereocenters. The van der Waals surface area contributed by atoms with Crippen LogP contribution < -0.4 is 10.6 Å². The van der Waals surface area contributed by atoms with E-state index in [0.29, 0.717) is 11.9 Å². The fourth-order valence-electron chi connectivity index (χ4n) is 2.82. The highest BCUT2D eigenvalue weighted by molar-refractivity contribution is 7.17. The molecule has 7 nitrogen and oxygen atoms in total. The van der Waals surface area contributed by atoms with Gasteiger partial charge >= 0.3 is 0 Å². The molecule has 4 heterocycles. The third-order valence-corrected chi connectivity index (χ3v) is 5.87. The number of aromatic nitrogens is 3. The number of anilines is 3. The first-order valence-corrected chi connectivity index (χ1v) is 9.88. The number of hydrogen-bond donors (Lipinski definition) is 2. The average molecular weight is 387 g/mol. The van der Waals surface area contributed by atoms with Gasteiger partial charge in [-0.2, -0.15) is 9.36 Å². The first-order chi connectivity index (χ1) is 12.6. The maximum absolute atomic E-state index is 11.5. The number of amides is 1. The van der Waals surface area contributed by atoms with Crippen molar-refractivity contribution in [3.63, 3.8) is 0 Å². The molecule has 1 amide bonds. The molecule has 0 saturated carbocycles. The number of likely N-dealkylation sites (tertiary alicyclic amines) is 1. The van der Waals surface area contributed by atoms with Crippen LogP contribution in [0.15, 0.2) is 30.2 Å². The molecule has 9 heteroatoms. The van der Waals surface area contributed by atoms with Crippen molar-refractivity contribution in [2.75, 3.05) is 30.3 Å². The van der Waals surface area contributed by atoms with E-state index in [-0.39, 0.29) is 5.91 Å². The monoisotopic (exact) mass is 386 g/mol. The summed E-state index contributed by atoms with van der Waals surface area (Å²) in [5, 5.41) is 9.58. The van der Waals surface area contributed by atoms with Crippen molar-refractivity contribution in [2.24, 2.45) is 5.92 Å². The van der Waals surface area contributed by atoms with E-state index in [1.54, 1.807) is 16.2 Å². The van der Waals surface area contributed by atoms with Crippen molar-refractivity contribution in [1.29, 1.82) is 0 Å². The van der Waals surface area contributed by atoms with E-state index in [4.69, 9.17) is 0 Å². The largest absolute Gasteiger partial charge is 0.368 e. The Morgan fingerprint density at radius 1 is 1.46 bits per heavy atom. The predicted molar refractivity (Wildman–Crippen MR) is 106 cm³/mol. The lowest BCUT2D eigenvalue weighted by Crippen LogP contribution is -2.51. The van der Waals surface area contributed by atoms with Crippen molar-refractivity contribution in [2.45, 2.75) is 6.92 Å². The van der Waals surface area contributed by atoms with Gasteiger partial charge in [-0.25, -0.2) is 4.98 Å². The van der Waals surface area contributed by atoms with E-state index in [2.05, 4.69) is 31.6 Å². The lowest BCUT2D eigenvalue weighted by molar-refractivity contribution is -0.131. The van der Waals surface area contributed by atoms with Crippen LogP contribution >= 0.6 is 22.9 Å². The molecule has 2 N–H and O–H groups in total. The number of carbonyl (C=O) groups is 1. The van der Waals surface area contributed by atoms with Crippen LogP contribution in [0.5, 0.6) is 0 Å². The van der Waals surface area contributed by atoms with Gasteiger partial charge in [0.2, 0.25) is 11.9 Å². The van der Waals surface area contributed by atoms with Crippen LogP contribution in [-0.2, 0) is 4.79 Å². The van der Waals surface area contributed by atoms with Gasteiger partial charge in [0.05, 0.1) is 15.9 Å². The van der Waals surface area contributed by atoms with Crippen molar-refractivity contribution >= 4 is 55.8 Å². The lowest BCUT2D eigenvalue weighted by Gasteiger charge is -2.38. The third-order valence-electron chi connectivity index (χ3n) is 4.17. The van der Waals surface area contributed by atoms with Crippen LogP contribution in [0.25, 0.3) is 10.2 Å². The Hall–Kier alpha value is -2.52. The summed E-state index contributed by atoms with van der Waals surface area (Å²) in [6.45, 7) is 7.75. The minimum Gasteiger partial charge on any atom is -0.368 e. The molecule has 0 bridgehead atoms. The van der Waals surface area contributed by atoms with E-state index >= 15 is 0 Å². The van der Waals surface area contributed by atoms with Crippen molar-refractivity contribution in [1.82, 2.24) is 19.2 Å². The number of carbonyl (C=O) groups excluding carboxylic acids is 1. The summed E-state index contributed by atoms with van der Waals surface area (Å²) in [6.07, 6.45) is 1.36. The molecular formula is C17H18N6OS2. The number of nitrogens with zero attached hydrogens (tertiary/aromatic N) is 4. The molecule has 1 fully saturated rings. The van der Waals surface area contributed by atoms with Crippen molar-refractivity contribution < 1.29 is 4.79 Å². The molecule has 1 saturated heterocycles. The molecule has 134 valence electrons. The highest BCUT2D eigenvalue weighted by atomic mass is 32.1. The van der Waals surface area contributed by atoms with E-state index in [1.165, 1.54) is 17.6 Å². The molecule has 4 rings (SSSR count). The normalized spacial score (nSPS) is 14.3. The summed E-state index contributed by atoms with van der Waals surface area (Å²) in [6, 6.07) is 3.96. The number of rotatable bonds is 6. The van der Waals surface area contributed by atoms with Gasteiger partial charge < -0.3 is 15.5 Å². The fourth-order valence-corrected chi connectivity index (χ4v) is 4.27. The Labute approximate surface area is 158 Å². The highest BCUT2D eigenvalue weighted by Crippen LogP contribution is 2.29. The molecule has 0 aliphatic carbocycles. The zero-order chi connectivity index (χ0) is 18.1. The molecule has 0 radical (unpaired) electrons. The van der Waals surface area contributed by atoms with Gasteiger partial charge in [-0.1, -0.05) is 6.58 Å². The second-order valence-corrected chi connectivity index (χ2v) is 7.90. The van der Waals surface area contributed by atoms with Crippen molar-refractivity contribution in [3.8, 4) is 0 Å². The standard InChI is InChI=1S/C17H18N6OS2/c1-3-14(24)23-8-11(9-23)7-18-16-15-12(4-5-25-15)19-17(21-16)20-13-6-10(2)22-26-13/h3-6,11H,1,7-9H2,2H3,(H2,18,19,20,21). The number of thiophene rings is 1. The van der Waals surface area contributed by atoms with Gasteiger partial charge in [-0.05, 0) is 42.0 Å². The Morgan fingerprint density at radius 2 is 2.31 bits per heavy atom. The minimum absolute atomic E-state index is 0.00438. The van der Waals surface area contributed by atoms with E-state index < -0.39 is 0 Å². The molecule has 0 atom stereocenters. The van der Waals surface area contributed by atoms with Gasteiger partial charge in [-0.15, -0.1) is 11.3 Å². The second-order valence-electron chi connectivity index (χ2n) is 6.18. The quantitative estimate of drug-likeness (QED) is 0.633. The smallest absolute Gasteiger partial charge is 0.245 e. The summed E-state index contributed by atoms with van der Waals surface area (Å²) < 4.78 is 5.30. The minimum atomic E-state index is -0.00438. The van der Waals surface area contributed by atoms with E-state index in [1.807, 2.05) is 24.4 Å². The van der Waals surface area contributed by atoms with Crippen LogP contribution in [0.3, 0.4) is 0 Å². The average Bonchev–Trinajstić information content (AvgIpc) is 3.21. The molecular weight excluding hydrogens is 368 g/mol. The first kappa shape index (κ1) is 16.9. The maximum Gasteiger partial charge on any atom is 0.245 e. The molecule has 26 heavy (non-hydrogen) atoms. The summed E-state index contributed by atoms with van der Waals surface area (Å²) in [5.41, 5.74) is 1.88. The van der Waals surface area contributed by atoms with E-state index in [0.717, 1.165) is 46.4 Å². The summed E-state index contributed by atoms with van der Waals surface area (Å²) in [7, 11) is 0. The van der Waals surface area contributed by atoms with Gasteiger partial charge in [0.1, 0.15) is 10.8 Å². The summed E-state index contributed by atoms with van der Waals surface area (Å²) in [5.74, 6) is 1.79. The van der Waals surface area contributed by atoms with Crippen LogP contribution in [0, 0.1) is 12.8 Å². The zero-order valence-corrected chi connectivity index (χ0v) is 15.9. The summed E-state index contributed by atoms with van der Waals surface area (Å²) >= 11 is 3.01. The number of nitrogens with one attached hydrogen (secondary N) is 2. The van der Waals surface area contributed by atoms with Crippen LogP contribution in [-0.4, -0.2) is 44.8 Å². The predicted octanol–water partition coefficient (Wildman–Crippen LogP) is 3.26.